The molecule has 3 atom stereocenters. The number of carboxylic acids is 1. The molecule has 104 valence electrons. The quantitative estimate of drug-likeness (QED) is 0.835. The maximum absolute atomic E-state index is 11.3. The lowest BCUT2D eigenvalue weighted by molar-refractivity contribution is -0.146. The molecule has 3 nitrogen and oxygen atoms in total. The molecule has 1 aliphatic heterocycles. The van der Waals surface area contributed by atoms with Crippen molar-refractivity contribution < 1.29 is 14.6 Å². The highest BCUT2D eigenvalue weighted by molar-refractivity contribution is 5.70. The van der Waals surface area contributed by atoms with E-state index in [-0.39, 0.29) is 5.92 Å². The lowest BCUT2D eigenvalue weighted by atomic mass is 9.66. The molecule has 1 saturated heterocycles. The second-order valence-corrected chi connectivity index (χ2v) is 6.82. The van der Waals surface area contributed by atoms with E-state index in [4.69, 9.17) is 4.74 Å². The van der Waals surface area contributed by atoms with Crippen molar-refractivity contribution in [2.45, 2.75) is 64.9 Å². The Morgan fingerprint density at radius 3 is 2.72 bits per heavy atom. The fourth-order valence-corrected chi connectivity index (χ4v) is 3.64. The zero-order valence-corrected chi connectivity index (χ0v) is 11.7. The van der Waals surface area contributed by atoms with Crippen LogP contribution in [0.15, 0.2) is 0 Å². The van der Waals surface area contributed by atoms with Crippen LogP contribution in [-0.2, 0) is 9.53 Å². The molecule has 1 heterocycles. The minimum atomic E-state index is -0.595. The van der Waals surface area contributed by atoms with Gasteiger partial charge in [0, 0.05) is 6.61 Å². The summed E-state index contributed by atoms with van der Waals surface area (Å²) >= 11 is 0. The molecule has 0 aromatic heterocycles. The van der Waals surface area contributed by atoms with E-state index in [9.17, 15) is 9.90 Å². The van der Waals surface area contributed by atoms with Crippen LogP contribution in [0.1, 0.15) is 58.8 Å². The molecule has 0 radical (unpaired) electrons. The van der Waals surface area contributed by atoms with Crippen molar-refractivity contribution in [3.05, 3.63) is 0 Å². The van der Waals surface area contributed by atoms with E-state index in [0.717, 1.165) is 45.1 Å². The number of hydrogen-bond acceptors (Lipinski definition) is 2. The van der Waals surface area contributed by atoms with E-state index < -0.39 is 5.97 Å². The van der Waals surface area contributed by atoms with Gasteiger partial charge in [0.2, 0.25) is 0 Å². The van der Waals surface area contributed by atoms with Crippen LogP contribution in [0.2, 0.25) is 0 Å². The molecule has 0 aromatic rings. The molecule has 0 aromatic carbocycles. The Morgan fingerprint density at radius 1 is 1.33 bits per heavy atom. The summed E-state index contributed by atoms with van der Waals surface area (Å²) in [7, 11) is 0. The van der Waals surface area contributed by atoms with Crippen LogP contribution in [0, 0.1) is 17.3 Å². The Balaban J connectivity index is 1.89. The van der Waals surface area contributed by atoms with Gasteiger partial charge in [-0.25, -0.2) is 0 Å². The van der Waals surface area contributed by atoms with Gasteiger partial charge in [-0.1, -0.05) is 13.8 Å². The third-order valence-electron chi connectivity index (χ3n) is 4.72. The van der Waals surface area contributed by atoms with Crippen LogP contribution in [0.4, 0.5) is 0 Å². The van der Waals surface area contributed by atoms with Crippen molar-refractivity contribution in [2.24, 2.45) is 17.3 Å². The fraction of sp³-hybridized carbons (Fsp3) is 0.933. The van der Waals surface area contributed by atoms with Crippen LogP contribution in [-0.4, -0.2) is 23.8 Å². The molecular weight excluding hydrogens is 228 g/mol. The molecule has 2 rings (SSSR count). The van der Waals surface area contributed by atoms with Gasteiger partial charge in [0.1, 0.15) is 0 Å². The predicted molar refractivity (Wildman–Crippen MR) is 70.5 cm³/mol. The summed E-state index contributed by atoms with van der Waals surface area (Å²) in [5, 5.41) is 9.34. The monoisotopic (exact) mass is 254 g/mol. The molecule has 2 aliphatic rings. The van der Waals surface area contributed by atoms with Gasteiger partial charge in [-0.05, 0) is 56.3 Å². The molecule has 0 amide bonds. The van der Waals surface area contributed by atoms with E-state index in [2.05, 4.69) is 13.8 Å². The van der Waals surface area contributed by atoms with E-state index in [1.165, 1.54) is 6.42 Å². The third-order valence-corrected chi connectivity index (χ3v) is 4.72. The molecule has 1 N–H and O–H groups in total. The summed E-state index contributed by atoms with van der Waals surface area (Å²) in [5.41, 5.74) is 0.313. The summed E-state index contributed by atoms with van der Waals surface area (Å²) in [5.74, 6) is -0.377. The van der Waals surface area contributed by atoms with Gasteiger partial charge in [0.25, 0.3) is 0 Å². The standard InChI is InChI=1S/C15H26O3/c1-15(2)8-7-13(14(16)17)11(10-15)5-6-12-4-3-9-18-12/h11-13H,3-10H2,1-2H3,(H,16,17). The smallest absolute Gasteiger partial charge is 0.306 e. The molecule has 3 unspecified atom stereocenters. The van der Waals surface area contributed by atoms with Crippen molar-refractivity contribution in [1.82, 2.24) is 0 Å². The first-order chi connectivity index (χ1) is 8.48. The second-order valence-electron chi connectivity index (χ2n) is 6.82. The maximum Gasteiger partial charge on any atom is 0.306 e. The van der Waals surface area contributed by atoms with Crippen LogP contribution in [0.3, 0.4) is 0 Å². The molecule has 3 heteroatoms. The Labute approximate surface area is 110 Å². The fourth-order valence-electron chi connectivity index (χ4n) is 3.64. The van der Waals surface area contributed by atoms with E-state index in [1.807, 2.05) is 0 Å². The first kappa shape index (κ1) is 13.9. The molecule has 0 bridgehead atoms. The molecule has 0 spiro atoms. The predicted octanol–water partition coefficient (Wildman–Crippen LogP) is 3.47. The van der Waals surface area contributed by atoms with Crippen LogP contribution >= 0.6 is 0 Å². The Hall–Kier alpha value is -0.570. The lowest BCUT2D eigenvalue weighted by Crippen LogP contribution is -2.34. The summed E-state index contributed by atoms with van der Waals surface area (Å²) < 4.78 is 5.64. The number of carbonyl (C=O) groups is 1. The zero-order valence-electron chi connectivity index (χ0n) is 11.7. The highest BCUT2D eigenvalue weighted by Gasteiger charge is 2.38. The first-order valence-electron chi connectivity index (χ1n) is 7.32. The van der Waals surface area contributed by atoms with Crippen molar-refractivity contribution >= 4 is 5.97 Å². The average molecular weight is 254 g/mol. The number of carboxylic acid groups (broad SMARTS) is 1. The summed E-state index contributed by atoms with van der Waals surface area (Å²) in [6.45, 7) is 5.43. The number of aliphatic carboxylic acids is 1. The largest absolute Gasteiger partial charge is 0.481 e. The van der Waals surface area contributed by atoms with Gasteiger partial charge in [-0.3, -0.25) is 4.79 Å². The highest BCUT2D eigenvalue weighted by atomic mass is 16.5. The van der Waals surface area contributed by atoms with Crippen LogP contribution < -0.4 is 0 Å². The van der Waals surface area contributed by atoms with Crippen molar-refractivity contribution in [2.75, 3.05) is 6.61 Å². The maximum atomic E-state index is 11.3. The van der Waals surface area contributed by atoms with E-state index >= 15 is 0 Å². The Morgan fingerprint density at radius 2 is 2.11 bits per heavy atom. The molecular formula is C15H26O3. The first-order valence-corrected chi connectivity index (χ1v) is 7.32. The average Bonchev–Trinajstić information content (AvgIpc) is 2.77. The van der Waals surface area contributed by atoms with Gasteiger partial charge in [-0.2, -0.15) is 0 Å². The third kappa shape index (κ3) is 3.47. The SMILES string of the molecule is CC1(C)CCC(C(=O)O)C(CCC2CCCO2)C1. The lowest BCUT2D eigenvalue weighted by Gasteiger charge is -2.39. The topological polar surface area (TPSA) is 46.5 Å². The number of ether oxygens (including phenoxy) is 1. The van der Waals surface area contributed by atoms with Gasteiger partial charge in [0.15, 0.2) is 0 Å². The van der Waals surface area contributed by atoms with Gasteiger partial charge in [0.05, 0.1) is 12.0 Å². The summed E-state index contributed by atoms with van der Waals surface area (Å²) in [6, 6.07) is 0. The number of rotatable bonds is 4. The van der Waals surface area contributed by atoms with Gasteiger partial charge in [-0.15, -0.1) is 0 Å². The molecule has 2 fully saturated rings. The minimum Gasteiger partial charge on any atom is -0.481 e. The Bertz CT molecular complexity index is 292. The minimum absolute atomic E-state index is 0.126. The second kappa shape index (κ2) is 5.60. The van der Waals surface area contributed by atoms with Crippen LogP contribution in [0.5, 0.6) is 0 Å². The van der Waals surface area contributed by atoms with Crippen molar-refractivity contribution in [3.63, 3.8) is 0 Å². The Kier molecular flexibility index (Phi) is 4.31. The highest BCUT2D eigenvalue weighted by Crippen LogP contribution is 2.44. The van der Waals surface area contributed by atoms with Gasteiger partial charge >= 0.3 is 5.97 Å². The van der Waals surface area contributed by atoms with Crippen molar-refractivity contribution in [1.29, 1.82) is 0 Å². The zero-order chi connectivity index (χ0) is 13.2. The normalized spacial score (nSPS) is 35.6. The number of hydrogen-bond donors (Lipinski definition) is 1. The van der Waals surface area contributed by atoms with E-state index in [1.54, 1.807) is 0 Å². The van der Waals surface area contributed by atoms with Gasteiger partial charge < -0.3 is 9.84 Å². The van der Waals surface area contributed by atoms with Crippen LogP contribution in [0.25, 0.3) is 0 Å². The summed E-state index contributed by atoms with van der Waals surface area (Å²) in [6.07, 6.45) is 7.73. The summed E-state index contributed by atoms with van der Waals surface area (Å²) in [4.78, 5) is 11.3. The molecule has 1 saturated carbocycles. The molecule has 18 heavy (non-hydrogen) atoms. The van der Waals surface area contributed by atoms with Crippen molar-refractivity contribution in [3.8, 4) is 0 Å². The molecule has 1 aliphatic carbocycles. The van der Waals surface area contributed by atoms with E-state index in [0.29, 0.717) is 17.4 Å².